The number of thiazole rings is 1. The molecule has 1 fully saturated rings. The molecule has 4 rings (SSSR count). The van der Waals surface area contributed by atoms with Crippen LogP contribution in [0.5, 0.6) is 0 Å². The number of nitrogens with zero attached hydrogens (tertiary/aromatic N) is 1. The Labute approximate surface area is 128 Å². The summed E-state index contributed by atoms with van der Waals surface area (Å²) in [6.07, 6.45) is 2.52. The number of aromatic nitrogens is 1. The fourth-order valence-electron chi connectivity index (χ4n) is 3.02. The summed E-state index contributed by atoms with van der Waals surface area (Å²) in [5, 5.41) is 9.53. The van der Waals surface area contributed by atoms with Crippen LogP contribution in [0, 0.1) is 0 Å². The van der Waals surface area contributed by atoms with Gasteiger partial charge in [0, 0.05) is 23.4 Å². The molecule has 1 unspecified atom stereocenters. The maximum Gasteiger partial charge on any atom is 0.0976 e. The van der Waals surface area contributed by atoms with Gasteiger partial charge in [-0.05, 0) is 36.2 Å². The summed E-state index contributed by atoms with van der Waals surface area (Å²) in [5.41, 5.74) is 2.34. The normalized spacial score (nSPS) is 19.0. The molecule has 3 heteroatoms. The number of hydrogen-bond donors (Lipinski definition) is 1. The highest BCUT2D eigenvalue weighted by molar-refractivity contribution is 7.10. The Balaban J connectivity index is 1.67. The molecule has 0 spiro atoms. The zero-order valence-corrected chi connectivity index (χ0v) is 12.7. The van der Waals surface area contributed by atoms with Gasteiger partial charge in [0.15, 0.2) is 0 Å². The molecular formula is C18H18N2S. The molecule has 0 aliphatic carbocycles. The predicted molar refractivity (Wildman–Crippen MR) is 89.9 cm³/mol. The Hall–Kier alpha value is -1.71. The molecule has 0 radical (unpaired) electrons. The van der Waals surface area contributed by atoms with Crippen molar-refractivity contribution in [1.82, 2.24) is 10.3 Å². The first-order valence-corrected chi connectivity index (χ1v) is 8.43. The van der Waals surface area contributed by atoms with Crippen LogP contribution >= 0.6 is 11.3 Å². The van der Waals surface area contributed by atoms with Crippen LogP contribution in [0.3, 0.4) is 0 Å². The molecule has 1 atom stereocenters. The SMILES string of the molecule is c1ccc2cc(-c3csc(C4CCCNC4)n3)ccc2c1. The number of rotatable bonds is 2. The molecule has 0 amide bonds. The van der Waals surface area contributed by atoms with Crippen molar-refractivity contribution in [3.05, 3.63) is 52.9 Å². The van der Waals surface area contributed by atoms with E-state index in [0.29, 0.717) is 5.92 Å². The largest absolute Gasteiger partial charge is 0.316 e. The van der Waals surface area contributed by atoms with Crippen molar-refractivity contribution < 1.29 is 0 Å². The van der Waals surface area contributed by atoms with Gasteiger partial charge in [0.2, 0.25) is 0 Å². The second-order valence-electron chi connectivity index (χ2n) is 5.68. The lowest BCUT2D eigenvalue weighted by atomic mass is 10.0. The standard InChI is InChI=1S/C18H18N2S/c1-2-5-14-10-15(8-7-13(14)4-1)17-12-21-18(20-17)16-6-3-9-19-11-16/h1-2,4-5,7-8,10,12,16,19H,3,6,9,11H2. The number of nitrogens with one attached hydrogen (secondary N) is 1. The van der Waals surface area contributed by atoms with E-state index in [9.17, 15) is 0 Å². The zero-order chi connectivity index (χ0) is 14.1. The Morgan fingerprint density at radius 1 is 1.10 bits per heavy atom. The van der Waals surface area contributed by atoms with E-state index in [1.165, 1.54) is 34.2 Å². The topological polar surface area (TPSA) is 24.9 Å². The third kappa shape index (κ3) is 2.59. The second kappa shape index (κ2) is 5.58. The summed E-state index contributed by atoms with van der Waals surface area (Å²) in [6, 6.07) is 15.1. The van der Waals surface area contributed by atoms with E-state index >= 15 is 0 Å². The van der Waals surface area contributed by atoms with E-state index in [-0.39, 0.29) is 0 Å². The number of benzene rings is 2. The molecule has 1 aliphatic heterocycles. The van der Waals surface area contributed by atoms with Crippen molar-refractivity contribution in [3.8, 4) is 11.3 Å². The van der Waals surface area contributed by atoms with Crippen molar-refractivity contribution in [2.75, 3.05) is 13.1 Å². The van der Waals surface area contributed by atoms with Crippen LogP contribution in [0.15, 0.2) is 47.8 Å². The minimum Gasteiger partial charge on any atom is -0.316 e. The monoisotopic (exact) mass is 294 g/mol. The molecule has 0 saturated carbocycles. The van der Waals surface area contributed by atoms with E-state index in [2.05, 4.69) is 53.2 Å². The summed E-state index contributed by atoms with van der Waals surface area (Å²) in [7, 11) is 0. The lowest BCUT2D eigenvalue weighted by Crippen LogP contribution is -2.28. The third-order valence-corrected chi connectivity index (χ3v) is 5.22. The summed E-state index contributed by atoms with van der Waals surface area (Å²) in [6.45, 7) is 2.23. The van der Waals surface area contributed by atoms with Crippen molar-refractivity contribution in [2.45, 2.75) is 18.8 Å². The molecule has 1 aliphatic rings. The predicted octanol–water partition coefficient (Wildman–Crippen LogP) is 4.43. The van der Waals surface area contributed by atoms with Crippen LogP contribution in [-0.4, -0.2) is 18.1 Å². The van der Waals surface area contributed by atoms with Crippen molar-refractivity contribution >= 4 is 22.1 Å². The highest BCUT2D eigenvalue weighted by Gasteiger charge is 2.18. The van der Waals surface area contributed by atoms with E-state index in [4.69, 9.17) is 4.98 Å². The molecule has 1 saturated heterocycles. The van der Waals surface area contributed by atoms with Gasteiger partial charge in [-0.2, -0.15) is 0 Å². The first-order valence-electron chi connectivity index (χ1n) is 7.55. The van der Waals surface area contributed by atoms with E-state index in [0.717, 1.165) is 18.8 Å². The highest BCUT2D eigenvalue weighted by atomic mass is 32.1. The van der Waals surface area contributed by atoms with Crippen LogP contribution in [0.25, 0.3) is 22.0 Å². The molecule has 2 heterocycles. The summed E-state index contributed by atoms with van der Waals surface area (Å²) < 4.78 is 0. The van der Waals surface area contributed by atoms with Gasteiger partial charge in [0.1, 0.15) is 0 Å². The summed E-state index contributed by atoms with van der Waals surface area (Å²) >= 11 is 1.81. The van der Waals surface area contributed by atoms with E-state index in [1.807, 2.05) is 0 Å². The van der Waals surface area contributed by atoms with Gasteiger partial charge in [0.05, 0.1) is 10.7 Å². The second-order valence-corrected chi connectivity index (χ2v) is 6.57. The van der Waals surface area contributed by atoms with Crippen LogP contribution in [0.1, 0.15) is 23.8 Å². The van der Waals surface area contributed by atoms with Crippen LogP contribution in [-0.2, 0) is 0 Å². The number of piperidine rings is 1. The average molecular weight is 294 g/mol. The quantitative estimate of drug-likeness (QED) is 0.756. The Morgan fingerprint density at radius 2 is 2.00 bits per heavy atom. The first kappa shape index (κ1) is 13.0. The van der Waals surface area contributed by atoms with Gasteiger partial charge < -0.3 is 5.32 Å². The van der Waals surface area contributed by atoms with Gasteiger partial charge in [0.25, 0.3) is 0 Å². The van der Waals surface area contributed by atoms with Gasteiger partial charge in [-0.1, -0.05) is 36.4 Å². The molecule has 2 aromatic carbocycles. The van der Waals surface area contributed by atoms with Gasteiger partial charge >= 0.3 is 0 Å². The van der Waals surface area contributed by atoms with Gasteiger partial charge in [-0.15, -0.1) is 11.3 Å². The minimum absolute atomic E-state index is 0.595. The summed E-state index contributed by atoms with van der Waals surface area (Å²) in [4.78, 5) is 4.89. The first-order chi connectivity index (χ1) is 10.4. The van der Waals surface area contributed by atoms with Crippen molar-refractivity contribution in [2.24, 2.45) is 0 Å². The number of hydrogen-bond acceptors (Lipinski definition) is 3. The zero-order valence-electron chi connectivity index (χ0n) is 11.9. The van der Waals surface area contributed by atoms with Crippen LogP contribution in [0.4, 0.5) is 0 Å². The molecule has 106 valence electrons. The lowest BCUT2D eigenvalue weighted by Gasteiger charge is -2.20. The molecule has 21 heavy (non-hydrogen) atoms. The van der Waals surface area contributed by atoms with Crippen LogP contribution in [0.2, 0.25) is 0 Å². The molecule has 2 nitrogen and oxygen atoms in total. The smallest absolute Gasteiger partial charge is 0.0976 e. The fourth-order valence-corrected chi connectivity index (χ4v) is 3.98. The average Bonchev–Trinajstić information content (AvgIpc) is 3.05. The maximum atomic E-state index is 4.89. The van der Waals surface area contributed by atoms with Gasteiger partial charge in [-0.25, -0.2) is 4.98 Å². The molecule has 3 aromatic rings. The minimum atomic E-state index is 0.595. The molecular weight excluding hydrogens is 276 g/mol. The number of fused-ring (bicyclic) bond motifs is 1. The fraction of sp³-hybridized carbons (Fsp3) is 0.278. The molecule has 0 bridgehead atoms. The maximum absolute atomic E-state index is 4.89. The third-order valence-electron chi connectivity index (χ3n) is 4.21. The van der Waals surface area contributed by atoms with Crippen molar-refractivity contribution in [1.29, 1.82) is 0 Å². The van der Waals surface area contributed by atoms with E-state index in [1.54, 1.807) is 11.3 Å². The van der Waals surface area contributed by atoms with Crippen molar-refractivity contribution in [3.63, 3.8) is 0 Å². The highest BCUT2D eigenvalue weighted by Crippen LogP contribution is 2.31. The van der Waals surface area contributed by atoms with Crippen LogP contribution < -0.4 is 5.32 Å². The molecule has 1 N–H and O–H groups in total. The Bertz CT molecular complexity index is 757. The van der Waals surface area contributed by atoms with E-state index < -0.39 is 0 Å². The van der Waals surface area contributed by atoms with Gasteiger partial charge in [-0.3, -0.25) is 0 Å². The lowest BCUT2D eigenvalue weighted by molar-refractivity contribution is 0.460. The summed E-state index contributed by atoms with van der Waals surface area (Å²) in [5.74, 6) is 0.595. The Morgan fingerprint density at radius 3 is 2.86 bits per heavy atom. The Kier molecular flexibility index (Phi) is 3.45. The molecule has 1 aromatic heterocycles.